The molecule has 7 rings (SSSR count). The zero-order valence-electron chi connectivity index (χ0n) is 22.4. The maximum Gasteiger partial charge on any atom is 0.157 e. The van der Waals surface area contributed by atoms with Gasteiger partial charge in [-0.25, -0.2) is 4.99 Å². The molecule has 2 N–H and O–H groups in total. The van der Waals surface area contributed by atoms with Gasteiger partial charge in [0.25, 0.3) is 0 Å². The van der Waals surface area contributed by atoms with E-state index in [2.05, 4.69) is 66.7 Å². The number of nitrogens with zero attached hydrogens (tertiary/aromatic N) is 2. The standard InChI is InChI=1S/C37H27N3O/c38-36(40-37(27-12-5-2-6-13-27)39-24-25-10-3-1-4-11-25)30-15-9-14-28(22-30)29-19-18-26-20-21-34-35(32(26)23-29)31-16-7-8-17-33(31)41-34/h1-23H,24H2,(H2,38,39,40). The van der Waals surface area contributed by atoms with Gasteiger partial charge in [-0.1, -0.05) is 115 Å². The van der Waals surface area contributed by atoms with Gasteiger partial charge < -0.3 is 10.2 Å². The van der Waals surface area contributed by atoms with E-state index in [0.29, 0.717) is 18.2 Å². The summed E-state index contributed by atoms with van der Waals surface area (Å²) in [5, 5.41) is 4.60. The lowest BCUT2D eigenvalue weighted by Gasteiger charge is -2.09. The molecular formula is C37H27N3O. The molecule has 0 saturated carbocycles. The first-order chi connectivity index (χ1) is 20.2. The fourth-order valence-corrected chi connectivity index (χ4v) is 5.29. The van der Waals surface area contributed by atoms with Crippen molar-refractivity contribution in [3.8, 4) is 11.1 Å². The van der Waals surface area contributed by atoms with Gasteiger partial charge in [0.05, 0.1) is 6.54 Å². The highest BCUT2D eigenvalue weighted by Crippen LogP contribution is 2.36. The Morgan fingerprint density at radius 2 is 1.29 bits per heavy atom. The summed E-state index contributed by atoms with van der Waals surface area (Å²) >= 11 is 0. The van der Waals surface area contributed by atoms with Crippen molar-refractivity contribution < 1.29 is 4.42 Å². The molecule has 0 aliphatic carbocycles. The van der Waals surface area contributed by atoms with E-state index in [9.17, 15) is 0 Å². The maximum absolute atomic E-state index is 6.62. The van der Waals surface area contributed by atoms with Gasteiger partial charge in [0, 0.05) is 21.9 Å². The van der Waals surface area contributed by atoms with Gasteiger partial charge in [0.15, 0.2) is 5.84 Å². The highest BCUT2D eigenvalue weighted by atomic mass is 16.3. The number of furan rings is 1. The molecule has 0 amide bonds. The van der Waals surface area contributed by atoms with Gasteiger partial charge in [0.1, 0.15) is 17.0 Å². The second kappa shape index (κ2) is 10.6. The molecule has 0 bridgehead atoms. The number of hydrogen-bond acceptors (Lipinski definition) is 2. The van der Waals surface area contributed by atoms with Crippen molar-refractivity contribution in [3.05, 3.63) is 156 Å². The summed E-state index contributed by atoms with van der Waals surface area (Å²) in [6.45, 7) is 0.524. The Morgan fingerprint density at radius 1 is 0.585 bits per heavy atom. The molecule has 0 aliphatic rings. The molecule has 0 aliphatic heterocycles. The van der Waals surface area contributed by atoms with Crippen LogP contribution in [-0.2, 0) is 6.54 Å². The number of benzene rings is 6. The topological polar surface area (TPSA) is 63.9 Å². The zero-order valence-corrected chi connectivity index (χ0v) is 22.4. The van der Waals surface area contributed by atoms with Gasteiger partial charge in [-0.2, -0.15) is 0 Å². The molecule has 0 spiro atoms. The van der Waals surface area contributed by atoms with Crippen LogP contribution in [0.5, 0.6) is 0 Å². The molecule has 196 valence electrons. The second-order valence-corrected chi connectivity index (χ2v) is 10.0. The van der Waals surface area contributed by atoms with Crippen molar-refractivity contribution >= 4 is 44.4 Å². The average Bonchev–Trinajstić information content (AvgIpc) is 3.43. The van der Waals surface area contributed by atoms with E-state index < -0.39 is 0 Å². The van der Waals surface area contributed by atoms with E-state index in [1.807, 2.05) is 72.8 Å². The van der Waals surface area contributed by atoms with Gasteiger partial charge in [-0.15, -0.1) is 0 Å². The lowest BCUT2D eigenvalue weighted by atomic mass is 9.97. The molecule has 7 aromatic rings. The highest BCUT2D eigenvalue weighted by Gasteiger charge is 2.12. The third-order valence-electron chi connectivity index (χ3n) is 7.36. The van der Waals surface area contributed by atoms with Crippen LogP contribution < -0.4 is 5.73 Å². The Hall–Kier alpha value is -5.48. The summed E-state index contributed by atoms with van der Waals surface area (Å²) in [4.78, 5) is 9.65. The minimum absolute atomic E-state index is 0.423. The second-order valence-electron chi connectivity index (χ2n) is 10.0. The Kier molecular flexibility index (Phi) is 6.34. The lowest BCUT2D eigenvalue weighted by molar-refractivity contribution is 0.669. The van der Waals surface area contributed by atoms with Crippen LogP contribution >= 0.6 is 0 Å². The van der Waals surface area contributed by atoms with Crippen LogP contribution in [0.4, 0.5) is 0 Å². The summed E-state index contributed by atoms with van der Waals surface area (Å²) in [6.07, 6.45) is 0. The van der Waals surface area contributed by atoms with Crippen LogP contribution in [0.1, 0.15) is 16.7 Å². The SMILES string of the molecule is NC(=NC(=NCc1ccccc1)c1ccccc1)c1cccc(-c2ccc3ccc4oc5ccccc5c4c3c2)c1. The molecule has 1 heterocycles. The summed E-state index contributed by atoms with van der Waals surface area (Å²) in [5.74, 6) is 1.03. The highest BCUT2D eigenvalue weighted by molar-refractivity contribution is 6.19. The first kappa shape index (κ1) is 24.6. The fraction of sp³-hybridized carbons (Fsp3) is 0.0270. The molecule has 1 aromatic heterocycles. The molecule has 0 saturated heterocycles. The van der Waals surface area contributed by atoms with E-state index in [4.69, 9.17) is 20.1 Å². The quantitative estimate of drug-likeness (QED) is 0.179. The van der Waals surface area contributed by atoms with Gasteiger partial charge in [-0.3, -0.25) is 4.99 Å². The van der Waals surface area contributed by atoms with E-state index >= 15 is 0 Å². The van der Waals surface area contributed by atoms with E-state index in [1.165, 1.54) is 5.39 Å². The third kappa shape index (κ3) is 4.88. The zero-order chi connectivity index (χ0) is 27.6. The van der Waals surface area contributed by atoms with Crippen LogP contribution in [0.25, 0.3) is 43.8 Å². The summed E-state index contributed by atoms with van der Waals surface area (Å²) in [6, 6.07) is 47.3. The van der Waals surface area contributed by atoms with Crippen LogP contribution in [0.3, 0.4) is 0 Å². The Balaban J connectivity index is 1.28. The van der Waals surface area contributed by atoms with Crippen molar-refractivity contribution in [2.45, 2.75) is 6.54 Å². The minimum Gasteiger partial charge on any atom is -0.456 e. The first-order valence-corrected chi connectivity index (χ1v) is 13.7. The monoisotopic (exact) mass is 529 g/mol. The number of para-hydroxylation sites is 1. The van der Waals surface area contributed by atoms with Crippen LogP contribution in [0, 0.1) is 0 Å². The molecule has 0 atom stereocenters. The predicted molar refractivity (Wildman–Crippen MR) is 171 cm³/mol. The molecule has 6 aromatic carbocycles. The van der Waals surface area contributed by atoms with Crippen LogP contribution in [0.2, 0.25) is 0 Å². The first-order valence-electron chi connectivity index (χ1n) is 13.7. The van der Waals surface area contributed by atoms with Crippen molar-refractivity contribution in [1.82, 2.24) is 0 Å². The van der Waals surface area contributed by atoms with Crippen LogP contribution in [-0.4, -0.2) is 11.7 Å². The summed E-state index contributed by atoms with van der Waals surface area (Å²) in [5.41, 5.74) is 13.5. The largest absolute Gasteiger partial charge is 0.456 e. The molecule has 4 heteroatoms. The van der Waals surface area contributed by atoms with E-state index in [0.717, 1.165) is 55.1 Å². The maximum atomic E-state index is 6.62. The van der Waals surface area contributed by atoms with Crippen molar-refractivity contribution in [2.75, 3.05) is 0 Å². The van der Waals surface area contributed by atoms with Crippen molar-refractivity contribution in [2.24, 2.45) is 15.7 Å². The summed E-state index contributed by atoms with van der Waals surface area (Å²) < 4.78 is 6.13. The number of hydrogen-bond donors (Lipinski definition) is 1. The van der Waals surface area contributed by atoms with E-state index in [1.54, 1.807) is 0 Å². The van der Waals surface area contributed by atoms with Crippen molar-refractivity contribution in [3.63, 3.8) is 0 Å². The molecular weight excluding hydrogens is 502 g/mol. The average molecular weight is 530 g/mol. The van der Waals surface area contributed by atoms with Crippen molar-refractivity contribution in [1.29, 1.82) is 0 Å². The molecule has 41 heavy (non-hydrogen) atoms. The van der Waals surface area contributed by atoms with E-state index in [-0.39, 0.29) is 0 Å². The number of aliphatic imine (C=N–C) groups is 2. The Labute approximate surface area is 238 Å². The van der Waals surface area contributed by atoms with Gasteiger partial charge >= 0.3 is 0 Å². The minimum atomic E-state index is 0.423. The normalized spacial score (nSPS) is 12.4. The molecule has 0 fully saturated rings. The van der Waals surface area contributed by atoms with Crippen LogP contribution in [0.15, 0.2) is 154 Å². The number of amidine groups is 2. The number of fused-ring (bicyclic) bond motifs is 5. The molecule has 4 nitrogen and oxygen atoms in total. The number of nitrogens with two attached hydrogens (primary N) is 1. The molecule has 0 unspecified atom stereocenters. The fourth-order valence-electron chi connectivity index (χ4n) is 5.29. The Bertz CT molecular complexity index is 2070. The smallest absolute Gasteiger partial charge is 0.157 e. The van der Waals surface area contributed by atoms with Gasteiger partial charge in [-0.05, 0) is 51.7 Å². The predicted octanol–water partition coefficient (Wildman–Crippen LogP) is 8.76. The Morgan fingerprint density at radius 3 is 2.15 bits per heavy atom. The van der Waals surface area contributed by atoms with Gasteiger partial charge in [0.2, 0.25) is 0 Å². The molecule has 0 radical (unpaired) electrons. The summed E-state index contributed by atoms with van der Waals surface area (Å²) in [7, 11) is 0. The number of rotatable bonds is 5. The lowest BCUT2D eigenvalue weighted by Crippen LogP contribution is -2.16. The third-order valence-corrected chi connectivity index (χ3v) is 7.36.